The van der Waals surface area contributed by atoms with Crippen molar-refractivity contribution >= 4 is 5.91 Å². The van der Waals surface area contributed by atoms with Crippen LogP contribution in [0.3, 0.4) is 0 Å². The van der Waals surface area contributed by atoms with Gasteiger partial charge in [-0.05, 0) is 18.1 Å². The molecular weight excluding hydrogens is 259 g/mol. The highest BCUT2D eigenvalue weighted by Gasteiger charge is 2.15. The van der Waals surface area contributed by atoms with Gasteiger partial charge in [0.2, 0.25) is 5.91 Å². The van der Waals surface area contributed by atoms with Crippen LogP contribution in [0.4, 0.5) is 4.39 Å². The monoisotopic (exact) mass is 276 g/mol. The van der Waals surface area contributed by atoms with E-state index >= 15 is 0 Å². The van der Waals surface area contributed by atoms with Gasteiger partial charge in [0.25, 0.3) is 0 Å². The maximum absolute atomic E-state index is 13.5. The molecule has 0 aliphatic rings. The van der Waals surface area contributed by atoms with E-state index in [0.717, 1.165) is 5.82 Å². The first-order valence-corrected chi connectivity index (χ1v) is 6.52. The van der Waals surface area contributed by atoms with Crippen molar-refractivity contribution in [3.63, 3.8) is 0 Å². The Balaban J connectivity index is 1.79. The molecule has 0 unspecified atom stereocenters. The predicted molar refractivity (Wildman–Crippen MR) is 72.4 cm³/mol. The quantitative estimate of drug-likeness (QED) is 0.839. The topological polar surface area (TPSA) is 70.7 Å². The molecule has 1 atom stereocenters. The number of amides is 1. The third-order valence-corrected chi connectivity index (χ3v) is 3.06. The summed E-state index contributed by atoms with van der Waals surface area (Å²) in [5.41, 5.74) is 0.561. The van der Waals surface area contributed by atoms with Gasteiger partial charge in [-0.1, -0.05) is 25.1 Å². The van der Waals surface area contributed by atoms with E-state index < -0.39 is 0 Å². The summed E-state index contributed by atoms with van der Waals surface area (Å²) in [7, 11) is 0. The molecule has 5 nitrogen and oxygen atoms in total. The van der Waals surface area contributed by atoms with Crippen LogP contribution >= 0.6 is 0 Å². The zero-order valence-electron chi connectivity index (χ0n) is 11.3. The van der Waals surface area contributed by atoms with Crippen molar-refractivity contribution in [2.75, 3.05) is 6.54 Å². The van der Waals surface area contributed by atoms with E-state index in [0.29, 0.717) is 24.9 Å². The number of nitrogens with zero attached hydrogens (tertiary/aromatic N) is 2. The highest BCUT2D eigenvalue weighted by molar-refractivity contribution is 5.78. The molecule has 106 valence electrons. The first kappa shape index (κ1) is 14.2. The van der Waals surface area contributed by atoms with Gasteiger partial charge in [0.05, 0.1) is 0 Å². The van der Waals surface area contributed by atoms with Crippen LogP contribution in [0.2, 0.25) is 0 Å². The van der Waals surface area contributed by atoms with E-state index in [1.807, 2.05) is 0 Å². The highest BCUT2D eigenvalue weighted by atomic mass is 19.1. The molecule has 0 aliphatic heterocycles. The van der Waals surface area contributed by atoms with Crippen molar-refractivity contribution in [3.05, 3.63) is 47.8 Å². The first-order valence-electron chi connectivity index (χ1n) is 6.52. The van der Waals surface area contributed by atoms with Gasteiger partial charge in [0.1, 0.15) is 18.0 Å². The second kappa shape index (κ2) is 6.79. The molecule has 2 N–H and O–H groups in total. The highest BCUT2D eigenvalue weighted by Crippen LogP contribution is 2.12. The van der Waals surface area contributed by atoms with Gasteiger partial charge in [-0.25, -0.2) is 9.37 Å². The summed E-state index contributed by atoms with van der Waals surface area (Å²) in [5, 5.41) is 9.27. The summed E-state index contributed by atoms with van der Waals surface area (Å²) < 4.78 is 13.5. The van der Waals surface area contributed by atoms with Crippen molar-refractivity contribution in [2.45, 2.75) is 19.8 Å². The number of H-pyrrole nitrogens is 1. The van der Waals surface area contributed by atoms with E-state index in [1.165, 1.54) is 12.4 Å². The lowest BCUT2D eigenvalue weighted by Gasteiger charge is -2.12. The lowest BCUT2D eigenvalue weighted by atomic mass is 10.00. The van der Waals surface area contributed by atoms with Gasteiger partial charge in [-0.3, -0.25) is 9.89 Å². The number of aromatic nitrogens is 3. The number of hydrogen-bond acceptors (Lipinski definition) is 3. The summed E-state index contributed by atoms with van der Waals surface area (Å²) in [6.45, 7) is 2.27. The van der Waals surface area contributed by atoms with E-state index in [9.17, 15) is 9.18 Å². The zero-order chi connectivity index (χ0) is 14.4. The molecule has 1 aromatic heterocycles. The molecule has 0 aliphatic carbocycles. The standard InChI is InChI=1S/C14H17FN4O/c1-10(8-11-4-2-3-5-12(11)15)14(20)16-7-6-13-17-9-18-19-13/h2-5,9-10H,6-8H2,1H3,(H,16,20)(H,17,18,19)/t10-/m0/s1. The Hall–Kier alpha value is -2.24. The maximum atomic E-state index is 13.5. The normalized spacial score (nSPS) is 12.1. The summed E-state index contributed by atoms with van der Waals surface area (Å²) in [5.74, 6) is 0.0928. The fraction of sp³-hybridized carbons (Fsp3) is 0.357. The Morgan fingerprint density at radius 1 is 1.45 bits per heavy atom. The number of rotatable bonds is 6. The summed E-state index contributed by atoms with van der Waals surface area (Å²) in [6, 6.07) is 6.52. The maximum Gasteiger partial charge on any atom is 0.223 e. The number of nitrogens with one attached hydrogen (secondary N) is 2. The Morgan fingerprint density at radius 3 is 2.95 bits per heavy atom. The summed E-state index contributed by atoms with van der Waals surface area (Å²) >= 11 is 0. The van der Waals surface area contributed by atoms with Crippen molar-refractivity contribution < 1.29 is 9.18 Å². The molecule has 0 radical (unpaired) electrons. The average molecular weight is 276 g/mol. The van der Waals surface area contributed by atoms with E-state index in [4.69, 9.17) is 0 Å². The zero-order valence-corrected chi connectivity index (χ0v) is 11.3. The van der Waals surface area contributed by atoms with E-state index in [1.54, 1.807) is 25.1 Å². The third kappa shape index (κ3) is 3.88. The van der Waals surface area contributed by atoms with Gasteiger partial charge >= 0.3 is 0 Å². The van der Waals surface area contributed by atoms with Crippen LogP contribution in [-0.4, -0.2) is 27.6 Å². The lowest BCUT2D eigenvalue weighted by molar-refractivity contribution is -0.124. The number of hydrogen-bond donors (Lipinski definition) is 2. The molecule has 6 heteroatoms. The number of aromatic amines is 1. The molecule has 2 rings (SSSR count). The molecule has 20 heavy (non-hydrogen) atoms. The molecule has 1 amide bonds. The van der Waals surface area contributed by atoms with Gasteiger partial charge in [-0.15, -0.1) is 0 Å². The SMILES string of the molecule is C[C@@H](Cc1ccccc1F)C(=O)NCCc1ncn[nH]1. The van der Waals surface area contributed by atoms with Gasteiger partial charge < -0.3 is 5.32 Å². The molecule has 2 aromatic rings. The Bertz CT molecular complexity index is 556. The van der Waals surface area contributed by atoms with Gasteiger partial charge in [0, 0.05) is 18.9 Å². The smallest absolute Gasteiger partial charge is 0.223 e. The third-order valence-electron chi connectivity index (χ3n) is 3.06. The lowest BCUT2D eigenvalue weighted by Crippen LogP contribution is -2.32. The Kier molecular flexibility index (Phi) is 4.81. The molecule has 0 saturated carbocycles. The Morgan fingerprint density at radius 2 is 2.25 bits per heavy atom. The van der Waals surface area contributed by atoms with Crippen LogP contribution in [0.25, 0.3) is 0 Å². The molecule has 0 bridgehead atoms. The van der Waals surface area contributed by atoms with Gasteiger partial charge in [0.15, 0.2) is 0 Å². The van der Waals surface area contributed by atoms with Crippen LogP contribution in [0.1, 0.15) is 18.3 Å². The fourth-order valence-corrected chi connectivity index (χ4v) is 1.92. The molecule has 1 heterocycles. The van der Waals surface area contributed by atoms with Crippen LogP contribution in [0.15, 0.2) is 30.6 Å². The fourth-order valence-electron chi connectivity index (χ4n) is 1.92. The summed E-state index contributed by atoms with van der Waals surface area (Å²) in [6.07, 6.45) is 2.41. The molecular formula is C14H17FN4O. The minimum atomic E-state index is -0.276. The van der Waals surface area contributed by atoms with Crippen molar-refractivity contribution in [3.8, 4) is 0 Å². The molecule has 0 saturated heterocycles. The summed E-state index contributed by atoms with van der Waals surface area (Å²) in [4.78, 5) is 15.9. The predicted octanol–water partition coefficient (Wildman–Crippen LogP) is 1.48. The van der Waals surface area contributed by atoms with E-state index in [-0.39, 0.29) is 17.6 Å². The number of halogens is 1. The largest absolute Gasteiger partial charge is 0.355 e. The van der Waals surface area contributed by atoms with Crippen molar-refractivity contribution in [1.82, 2.24) is 20.5 Å². The van der Waals surface area contributed by atoms with E-state index in [2.05, 4.69) is 20.5 Å². The minimum Gasteiger partial charge on any atom is -0.355 e. The van der Waals surface area contributed by atoms with Crippen LogP contribution in [0.5, 0.6) is 0 Å². The molecule has 0 fully saturated rings. The second-order valence-electron chi connectivity index (χ2n) is 4.67. The van der Waals surface area contributed by atoms with Crippen molar-refractivity contribution in [2.24, 2.45) is 5.92 Å². The average Bonchev–Trinajstić information content (AvgIpc) is 2.94. The van der Waals surface area contributed by atoms with Crippen molar-refractivity contribution in [1.29, 1.82) is 0 Å². The minimum absolute atomic E-state index is 0.0900. The van der Waals surface area contributed by atoms with Crippen LogP contribution in [-0.2, 0) is 17.6 Å². The Labute approximate surface area is 116 Å². The number of carbonyl (C=O) groups is 1. The first-order chi connectivity index (χ1) is 9.66. The second-order valence-corrected chi connectivity index (χ2v) is 4.67. The molecule has 0 spiro atoms. The van der Waals surface area contributed by atoms with Crippen LogP contribution in [0, 0.1) is 11.7 Å². The number of carbonyl (C=O) groups excluding carboxylic acids is 1. The molecule has 1 aromatic carbocycles. The van der Waals surface area contributed by atoms with Gasteiger partial charge in [-0.2, -0.15) is 5.10 Å². The van der Waals surface area contributed by atoms with Crippen LogP contribution < -0.4 is 5.32 Å². The number of benzene rings is 1.